The maximum Gasteiger partial charge on any atom is 0.159 e. The van der Waals surface area contributed by atoms with Gasteiger partial charge in [-0.1, -0.05) is 257 Å². The molecule has 0 saturated carbocycles. The highest BCUT2D eigenvalue weighted by Gasteiger charge is 2.35. The number of hydrogen-bond donors (Lipinski definition) is 0. The number of aryl methyl sites for hydroxylation is 5. The normalized spacial score (nSPS) is 16.3. The minimum atomic E-state index is -2.46. The van der Waals surface area contributed by atoms with Crippen molar-refractivity contribution in [3.8, 4) is 0 Å². The Morgan fingerprint density at radius 2 is 0.500 bits per heavy atom. The first-order valence-corrected chi connectivity index (χ1v) is 45.7. The van der Waals surface area contributed by atoms with Gasteiger partial charge in [-0.25, -0.2) is 0 Å². The molecule has 0 spiro atoms. The fraction of sp³-hybridized carbons (Fsp3) is 0.287. The monoisotopic (exact) mass is 1750 g/mol. The van der Waals surface area contributed by atoms with Crippen LogP contribution >= 0.6 is 0 Å². The van der Waals surface area contributed by atoms with Gasteiger partial charge in [0.15, 0.2) is 27.9 Å². The van der Waals surface area contributed by atoms with Gasteiger partial charge in [0.1, 0.15) is 27.9 Å². The van der Waals surface area contributed by atoms with Gasteiger partial charge in [-0.2, -0.15) is 0 Å². The number of fused-ring (bicyclic) bond motifs is 18. The van der Waals surface area contributed by atoms with Crippen LogP contribution in [0.25, 0.3) is 110 Å². The molecule has 13 aromatic carbocycles. The zero-order valence-corrected chi connectivity index (χ0v) is 79.1. The van der Waals surface area contributed by atoms with E-state index >= 15 is 0 Å². The van der Waals surface area contributed by atoms with Crippen LogP contribution in [-0.4, -0.2) is 74.2 Å². The second-order valence-corrected chi connectivity index (χ2v) is 31.8. The van der Waals surface area contributed by atoms with Crippen LogP contribution in [0.3, 0.4) is 0 Å². The van der Waals surface area contributed by atoms with E-state index in [4.69, 9.17) is 39.9 Å². The zero-order valence-electron chi connectivity index (χ0n) is 92.1. The summed E-state index contributed by atoms with van der Waals surface area (Å²) in [7, 11) is 0. The lowest BCUT2D eigenvalue weighted by molar-refractivity contribution is 0.336. The van der Waals surface area contributed by atoms with Gasteiger partial charge in [0, 0.05) is 122 Å². The van der Waals surface area contributed by atoms with E-state index in [1.807, 2.05) is 321 Å². The fourth-order valence-electron chi connectivity index (χ4n) is 17.6. The maximum atomic E-state index is 8.68. The molecular weight excluding hydrogens is 1600 g/mol. The molecule has 15 heteroatoms. The number of rotatable bonds is 9. The Bertz CT molecular complexity index is 7450. The first-order chi connectivity index (χ1) is 68.2. The summed E-state index contributed by atoms with van der Waals surface area (Å²) in [5, 5.41) is 10.8. The van der Waals surface area contributed by atoms with E-state index in [1.54, 1.807) is 11.1 Å². The maximum absolute atomic E-state index is 8.68. The zero-order chi connectivity index (χ0) is 104. The minimum Gasteiger partial charge on any atom is -0.454 e. The Hall–Kier alpha value is -13.7. The molecule has 0 aliphatic carbocycles. The van der Waals surface area contributed by atoms with Gasteiger partial charge in [-0.05, 0) is 184 Å². The Kier molecular flexibility index (Phi) is 24.0. The topological polar surface area (TPSA) is 98.1 Å². The molecule has 0 N–H and O–H groups in total. The lowest BCUT2D eigenvalue weighted by Crippen LogP contribution is -2.33. The van der Waals surface area contributed by atoms with E-state index in [0.29, 0.717) is 19.0 Å². The van der Waals surface area contributed by atoms with Crippen LogP contribution in [0.5, 0.6) is 0 Å². The molecule has 0 fully saturated rings. The molecule has 5 aliphatic heterocycles. The summed E-state index contributed by atoms with van der Waals surface area (Å²) in [4.78, 5) is 19.3. The molecule has 672 valence electrons. The molecular formula is C115H132N10O5. The van der Waals surface area contributed by atoms with Crippen molar-refractivity contribution < 1.29 is 39.9 Å². The number of hydrogen-bond acceptors (Lipinski definition) is 15. The third-order valence-electron chi connectivity index (χ3n) is 23.6. The third kappa shape index (κ3) is 17.5. The molecule has 23 rings (SSSR count). The summed E-state index contributed by atoms with van der Waals surface area (Å²) in [6, 6.07) is 79.8. The molecule has 130 heavy (non-hydrogen) atoms. The predicted octanol–water partition coefficient (Wildman–Crippen LogP) is 32.7. The number of benzene rings is 13. The molecule has 0 amide bonds. The highest BCUT2D eigenvalue weighted by Crippen LogP contribution is 2.51. The van der Waals surface area contributed by atoms with Crippen molar-refractivity contribution in [1.29, 1.82) is 0 Å². The molecule has 10 heterocycles. The summed E-state index contributed by atoms with van der Waals surface area (Å²) in [6.45, 7) is 35.8. The van der Waals surface area contributed by atoms with Crippen molar-refractivity contribution in [2.45, 2.75) is 183 Å². The van der Waals surface area contributed by atoms with Gasteiger partial charge < -0.3 is 71.1 Å². The smallest absolute Gasteiger partial charge is 0.159 e. The van der Waals surface area contributed by atoms with Gasteiger partial charge in [-0.3, -0.25) is 0 Å². The Morgan fingerprint density at radius 1 is 0.246 bits per heavy atom. The second kappa shape index (κ2) is 40.8. The van der Waals surface area contributed by atoms with Crippen LogP contribution in [0.15, 0.2) is 302 Å². The van der Waals surface area contributed by atoms with E-state index in [9.17, 15) is 0 Å². The van der Waals surface area contributed by atoms with Crippen molar-refractivity contribution in [2.24, 2.45) is 0 Å². The molecule has 5 aliphatic rings. The number of para-hydroxylation sites is 11. The van der Waals surface area contributed by atoms with Gasteiger partial charge in [0.2, 0.25) is 0 Å². The number of furan rings is 5. The molecule has 2 atom stereocenters. The molecule has 2 unspecified atom stereocenters. The molecule has 5 aromatic heterocycles. The standard InChI is InChI=1S/2C23H22N2O.C21H18N2O.2C19H20N2O.5C2H6/c2*1-15(2)24-14-25(20-10-6-5-9-19(20)24)22-16(3)12-13-18-17-8-4-7-11-21(17)26-23(18)22;1-14-11-12-16-15-7-3-6-10-19(15)24-21(16)20(14)23-13-22(2)17-8-4-5-9-18(17)23;2*1-13(2)20-10-11-21(12-20)18-14(3)8-9-16-15-6-4-5-7-17(15)22-19(16)18;5*1-2/h2*4-13,15H,14H2,1-3H3;3-12H,13H2,1-2H3;2*4-11,13H,12H2,1-3H3;5*1-2H3/i1D3,15D;15D;2D3;1D3,13D;13D;;;;;. The average Bonchev–Trinajstić information content (AvgIpc) is 1.51. The number of nitrogens with zero attached hydrogens (tertiary/aromatic N) is 10. The van der Waals surface area contributed by atoms with Gasteiger partial charge in [0.05, 0.1) is 101 Å². The van der Waals surface area contributed by atoms with E-state index in [1.165, 1.54) is 34.8 Å². The van der Waals surface area contributed by atoms with Crippen LogP contribution in [0.1, 0.15) is 170 Å². The van der Waals surface area contributed by atoms with Crippen LogP contribution in [-0.2, 0) is 0 Å². The molecule has 0 radical (unpaired) electrons. The third-order valence-corrected chi connectivity index (χ3v) is 23.6. The lowest BCUT2D eigenvalue weighted by Gasteiger charge is -2.26. The summed E-state index contributed by atoms with van der Waals surface area (Å²) in [5.74, 6) is 0. The van der Waals surface area contributed by atoms with Gasteiger partial charge in [0.25, 0.3) is 0 Å². The Morgan fingerprint density at radius 3 is 0.800 bits per heavy atom. The first-order valence-electron chi connectivity index (χ1n) is 52.2. The van der Waals surface area contributed by atoms with Crippen LogP contribution in [0.4, 0.5) is 62.6 Å². The summed E-state index contributed by atoms with van der Waals surface area (Å²) in [6.07, 6.45) is 7.49. The summed E-state index contributed by atoms with van der Waals surface area (Å²) >= 11 is 0. The Balaban J connectivity index is 0.000000139. The van der Waals surface area contributed by atoms with E-state index in [0.717, 1.165) is 183 Å². The number of anilines is 11. The minimum absolute atomic E-state index is 0.257. The first kappa shape index (κ1) is 76.4. The molecule has 0 saturated heterocycles. The summed E-state index contributed by atoms with van der Waals surface area (Å²) < 4.78 is 135. The summed E-state index contributed by atoms with van der Waals surface area (Å²) in [5.41, 5.74) is 24.2. The van der Waals surface area contributed by atoms with E-state index in [-0.39, 0.29) is 20.0 Å². The van der Waals surface area contributed by atoms with Crippen LogP contribution in [0, 0.1) is 34.6 Å². The van der Waals surface area contributed by atoms with Crippen molar-refractivity contribution in [2.75, 3.05) is 79.5 Å². The van der Waals surface area contributed by atoms with Crippen molar-refractivity contribution in [1.82, 2.24) is 9.80 Å². The van der Waals surface area contributed by atoms with Crippen molar-refractivity contribution >= 4 is 172 Å². The van der Waals surface area contributed by atoms with Crippen LogP contribution in [0.2, 0.25) is 0 Å². The SMILES string of the molecule is CC.CC.CC.CC.CC.[2H]C(C)(C)N1C=CN(c2c(C)ccc3c2oc2ccccc23)C1.[2H]C(C)(C)N1CN(c2c(C)ccc3c2oc2ccccc23)c2ccccc21.[2H]C([2H])([2H])C([2H])(C)N1C=CN(c2c(C)ccc3c2oc2ccccc23)C1.[2H]C([2H])([2H])C([2H])(C)N1CN(c2c(C)ccc3c2oc2ccccc23)c2ccccc21.[2H]C([2H])([2H])N1CN(c2c(C)ccc3c2oc2ccccc23)c2ccccc21. The second-order valence-electron chi connectivity index (χ2n) is 31.8. The molecule has 15 nitrogen and oxygen atoms in total. The molecule has 0 bridgehead atoms. The predicted molar refractivity (Wildman–Crippen MR) is 560 cm³/mol. The highest BCUT2D eigenvalue weighted by atomic mass is 16.3. The van der Waals surface area contributed by atoms with E-state index in [2.05, 4.69) is 118 Å². The van der Waals surface area contributed by atoms with Crippen molar-refractivity contribution in [3.63, 3.8) is 0 Å². The Labute approximate surface area is 788 Å². The van der Waals surface area contributed by atoms with Crippen molar-refractivity contribution in [3.05, 3.63) is 307 Å². The largest absolute Gasteiger partial charge is 0.454 e. The lowest BCUT2D eigenvalue weighted by atomic mass is 10.1. The highest BCUT2D eigenvalue weighted by molar-refractivity contribution is 6.15. The van der Waals surface area contributed by atoms with Gasteiger partial charge in [-0.15, -0.1) is 0 Å². The molecule has 18 aromatic rings. The quantitative estimate of drug-likeness (QED) is 0.137. The van der Waals surface area contributed by atoms with Gasteiger partial charge >= 0.3 is 0 Å². The fourth-order valence-corrected chi connectivity index (χ4v) is 17.6. The van der Waals surface area contributed by atoms with E-state index < -0.39 is 44.8 Å². The average molecular weight is 1750 g/mol. The van der Waals surface area contributed by atoms with Crippen LogP contribution < -0.4 is 39.2 Å².